The molecular formula is C13H16Cl2Zr. The van der Waals surface area contributed by atoms with Crippen molar-refractivity contribution in [2.24, 2.45) is 5.41 Å². The summed E-state index contributed by atoms with van der Waals surface area (Å²) in [5, 5.41) is 0. The first kappa shape index (κ1) is 18.8. The van der Waals surface area contributed by atoms with Crippen LogP contribution >= 0.6 is 0 Å². The molecule has 2 rings (SSSR count). The number of hydrogen-bond donors (Lipinski definition) is 0. The molecule has 0 aliphatic heterocycles. The van der Waals surface area contributed by atoms with Gasteiger partial charge in [0.1, 0.15) is 0 Å². The zero-order valence-electron chi connectivity index (χ0n) is 9.63. The summed E-state index contributed by atoms with van der Waals surface area (Å²) in [5.41, 5.74) is 3.34. The normalized spacial score (nSPS) is 16.9. The summed E-state index contributed by atoms with van der Waals surface area (Å²) in [5.74, 6) is 0. The van der Waals surface area contributed by atoms with Crippen molar-refractivity contribution < 1.29 is 51.0 Å². The summed E-state index contributed by atoms with van der Waals surface area (Å²) in [6.45, 7) is 4.65. The molecule has 0 spiro atoms. The second-order valence-corrected chi connectivity index (χ2v) is 4.27. The van der Waals surface area contributed by atoms with Crippen LogP contribution in [0.1, 0.15) is 26.7 Å². The summed E-state index contributed by atoms with van der Waals surface area (Å²) >= 11 is 0. The SMILES string of the molecule is CC(C)(C1=CC=CC1)C1=CC=CC1.[Cl-].[Cl-].[Zr+2]. The van der Waals surface area contributed by atoms with Gasteiger partial charge in [0.25, 0.3) is 0 Å². The maximum atomic E-state index is 2.32. The van der Waals surface area contributed by atoms with Gasteiger partial charge in [-0.2, -0.15) is 0 Å². The van der Waals surface area contributed by atoms with Gasteiger partial charge in [0.2, 0.25) is 0 Å². The minimum Gasteiger partial charge on any atom is -1.00 e. The Balaban J connectivity index is 0. The van der Waals surface area contributed by atoms with Crippen molar-refractivity contribution in [1.29, 1.82) is 0 Å². The van der Waals surface area contributed by atoms with Gasteiger partial charge in [0, 0.05) is 5.41 Å². The van der Waals surface area contributed by atoms with Crippen LogP contribution in [0.3, 0.4) is 0 Å². The molecule has 0 unspecified atom stereocenters. The monoisotopic (exact) mass is 332 g/mol. The van der Waals surface area contributed by atoms with Gasteiger partial charge in [-0.05, 0) is 12.8 Å². The van der Waals surface area contributed by atoms with Crippen LogP contribution in [0.15, 0.2) is 47.6 Å². The number of allylic oxidation sites excluding steroid dienone is 8. The van der Waals surface area contributed by atoms with E-state index in [9.17, 15) is 0 Å². The van der Waals surface area contributed by atoms with Crippen molar-refractivity contribution >= 4 is 0 Å². The van der Waals surface area contributed by atoms with Crippen molar-refractivity contribution in [3.05, 3.63) is 47.6 Å². The molecule has 0 amide bonds. The van der Waals surface area contributed by atoms with Gasteiger partial charge in [-0.1, -0.05) is 61.4 Å². The third-order valence-corrected chi connectivity index (χ3v) is 3.15. The van der Waals surface area contributed by atoms with E-state index in [2.05, 4.69) is 50.3 Å². The van der Waals surface area contributed by atoms with Gasteiger partial charge in [-0.15, -0.1) is 0 Å². The van der Waals surface area contributed by atoms with Crippen LogP contribution in [-0.4, -0.2) is 0 Å². The standard InChI is InChI=1S/C13H16.2ClH.Zr/c1-13(2,11-7-3-4-8-11)12-9-5-6-10-12;;;/h3-7,9H,8,10H2,1-2H3;2*1H;/q;;;+2/p-2. The predicted molar refractivity (Wildman–Crippen MR) is 57.5 cm³/mol. The van der Waals surface area contributed by atoms with E-state index in [0.29, 0.717) is 0 Å². The first-order valence-corrected chi connectivity index (χ1v) is 4.93. The van der Waals surface area contributed by atoms with Gasteiger partial charge in [0.05, 0.1) is 0 Å². The van der Waals surface area contributed by atoms with Crippen LogP contribution < -0.4 is 24.8 Å². The maximum Gasteiger partial charge on any atom is 2.00 e. The molecule has 0 aromatic rings. The molecule has 0 heterocycles. The largest absolute Gasteiger partial charge is 2.00 e. The van der Waals surface area contributed by atoms with E-state index in [0.717, 1.165) is 12.8 Å². The first-order chi connectivity index (χ1) is 6.21. The van der Waals surface area contributed by atoms with Crippen LogP contribution in [-0.2, 0) is 26.2 Å². The summed E-state index contributed by atoms with van der Waals surface area (Å²) in [4.78, 5) is 0. The van der Waals surface area contributed by atoms with Gasteiger partial charge >= 0.3 is 26.2 Å². The summed E-state index contributed by atoms with van der Waals surface area (Å²) in [6.07, 6.45) is 15.6. The molecule has 0 bridgehead atoms. The molecule has 0 atom stereocenters. The minimum atomic E-state index is 0. The fraction of sp³-hybridized carbons (Fsp3) is 0.385. The molecule has 0 fully saturated rings. The topological polar surface area (TPSA) is 0 Å². The van der Waals surface area contributed by atoms with E-state index in [1.165, 1.54) is 0 Å². The molecule has 2 aliphatic carbocycles. The molecule has 0 aromatic heterocycles. The minimum absolute atomic E-state index is 0. The maximum absolute atomic E-state index is 2.32. The van der Waals surface area contributed by atoms with E-state index in [1.54, 1.807) is 11.1 Å². The van der Waals surface area contributed by atoms with Crippen LogP contribution in [0, 0.1) is 5.41 Å². The van der Waals surface area contributed by atoms with E-state index < -0.39 is 0 Å². The Hall–Kier alpha value is 0.423. The Morgan fingerprint density at radius 1 is 0.875 bits per heavy atom. The molecule has 0 N–H and O–H groups in total. The fourth-order valence-electron chi connectivity index (χ4n) is 2.03. The molecule has 16 heavy (non-hydrogen) atoms. The molecule has 0 saturated heterocycles. The van der Waals surface area contributed by atoms with Crippen LogP contribution in [0.25, 0.3) is 0 Å². The average molecular weight is 334 g/mol. The van der Waals surface area contributed by atoms with Crippen molar-refractivity contribution in [3.8, 4) is 0 Å². The number of rotatable bonds is 2. The van der Waals surface area contributed by atoms with Crippen LogP contribution in [0.4, 0.5) is 0 Å². The van der Waals surface area contributed by atoms with E-state index >= 15 is 0 Å². The van der Waals surface area contributed by atoms with Gasteiger partial charge < -0.3 is 24.8 Å². The molecule has 2 aliphatic rings. The zero-order valence-corrected chi connectivity index (χ0v) is 13.6. The van der Waals surface area contributed by atoms with Gasteiger partial charge in [-0.25, -0.2) is 0 Å². The third kappa shape index (κ3) is 3.72. The van der Waals surface area contributed by atoms with Crippen molar-refractivity contribution in [2.75, 3.05) is 0 Å². The Labute approximate surface area is 130 Å². The summed E-state index contributed by atoms with van der Waals surface area (Å²) in [6, 6.07) is 0. The molecule has 0 saturated carbocycles. The molecule has 0 nitrogen and oxygen atoms in total. The predicted octanol–water partition coefficient (Wildman–Crippen LogP) is -2.21. The average Bonchev–Trinajstić information content (AvgIpc) is 2.78. The quantitative estimate of drug-likeness (QED) is 0.537. The Morgan fingerprint density at radius 2 is 1.25 bits per heavy atom. The van der Waals surface area contributed by atoms with E-state index in [4.69, 9.17) is 0 Å². The smallest absolute Gasteiger partial charge is 1.00 e. The second-order valence-electron chi connectivity index (χ2n) is 4.27. The Kier molecular flexibility index (Phi) is 9.03. The second kappa shape index (κ2) is 7.69. The Morgan fingerprint density at radius 3 is 1.50 bits per heavy atom. The van der Waals surface area contributed by atoms with Crippen molar-refractivity contribution in [1.82, 2.24) is 0 Å². The molecule has 0 radical (unpaired) electrons. The van der Waals surface area contributed by atoms with Crippen LogP contribution in [0.2, 0.25) is 0 Å². The number of hydrogen-bond acceptors (Lipinski definition) is 0. The van der Waals surface area contributed by atoms with Crippen molar-refractivity contribution in [2.45, 2.75) is 26.7 Å². The summed E-state index contributed by atoms with van der Waals surface area (Å²) in [7, 11) is 0. The number of halogens is 2. The third-order valence-electron chi connectivity index (χ3n) is 3.15. The van der Waals surface area contributed by atoms with Crippen LogP contribution in [0.5, 0.6) is 0 Å². The Bertz CT molecular complexity index is 304. The van der Waals surface area contributed by atoms with E-state index in [-0.39, 0.29) is 56.4 Å². The molecule has 3 heteroatoms. The first-order valence-electron chi connectivity index (χ1n) is 4.93. The van der Waals surface area contributed by atoms with Gasteiger partial charge in [-0.3, -0.25) is 0 Å². The van der Waals surface area contributed by atoms with E-state index in [1.807, 2.05) is 0 Å². The fourth-order valence-corrected chi connectivity index (χ4v) is 2.03. The summed E-state index contributed by atoms with van der Waals surface area (Å²) < 4.78 is 0. The van der Waals surface area contributed by atoms with Gasteiger partial charge in [0.15, 0.2) is 0 Å². The molecule has 0 aromatic carbocycles. The molecule has 86 valence electrons. The zero-order chi connectivity index (χ0) is 9.31. The molecular weight excluding hydrogens is 318 g/mol. The van der Waals surface area contributed by atoms with Crippen molar-refractivity contribution in [3.63, 3.8) is 0 Å².